The first kappa shape index (κ1) is 14.6. The molecule has 0 atom stereocenters. The van der Waals surface area contributed by atoms with Crippen molar-refractivity contribution in [3.05, 3.63) is 102 Å². The largest absolute Gasteiger partial charge is 0.508 e. The monoisotopic (exact) mass is 350 g/mol. The van der Waals surface area contributed by atoms with E-state index in [1.165, 1.54) is 0 Å². The maximum absolute atomic E-state index is 9.54. The Bertz CT molecular complexity index is 775. The summed E-state index contributed by atoms with van der Waals surface area (Å²) >= 11 is 3.76. The molecular weight excluding hydrogens is 336 g/mol. The van der Waals surface area contributed by atoms with Crippen LogP contribution in [0.4, 0.5) is 0 Å². The molecule has 22 heavy (non-hydrogen) atoms. The van der Waals surface area contributed by atoms with E-state index in [-0.39, 0.29) is 5.75 Å². The minimum Gasteiger partial charge on any atom is -0.508 e. The number of phenols is 1. The zero-order valence-corrected chi connectivity index (χ0v) is 13.5. The third-order valence-electron chi connectivity index (χ3n) is 3.47. The molecule has 3 aromatic carbocycles. The van der Waals surface area contributed by atoms with Gasteiger partial charge in [-0.25, -0.2) is 0 Å². The normalized spacial score (nSPS) is 11.9. The molecule has 0 aliphatic carbocycles. The second-order valence-corrected chi connectivity index (χ2v) is 5.76. The van der Waals surface area contributed by atoms with Crippen LogP contribution < -0.4 is 0 Å². The summed E-state index contributed by atoms with van der Waals surface area (Å²) < 4.78 is 1.03. The fourth-order valence-electron chi connectivity index (χ4n) is 2.38. The van der Waals surface area contributed by atoms with Gasteiger partial charge in [0.15, 0.2) is 0 Å². The molecule has 0 bridgehead atoms. The molecular formula is C20H15BrO. The van der Waals surface area contributed by atoms with Crippen LogP contribution in [0.2, 0.25) is 0 Å². The lowest BCUT2D eigenvalue weighted by Gasteiger charge is -2.13. The second kappa shape index (κ2) is 6.63. The predicted molar refractivity (Wildman–Crippen MR) is 95.8 cm³/mol. The van der Waals surface area contributed by atoms with Gasteiger partial charge in [0.2, 0.25) is 0 Å². The minimum absolute atomic E-state index is 0.270. The standard InChI is InChI=1S/C20H15BrO/c21-20(17-9-5-2-6-10-17)19(15-7-3-1-4-8-15)16-11-13-18(22)14-12-16/h1-14,22H. The lowest BCUT2D eigenvalue weighted by atomic mass is 9.95. The highest BCUT2D eigenvalue weighted by atomic mass is 79.9. The van der Waals surface area contributed by atoms with Gasteiger partial charge in [0, 0.05) is 10.1 Å². The van der Waals surface area contributed by atoms with E-state index in [2.05, 4.69) is 40.2 Å². The number of phenolic OH excluding ortho intramolecular Hbond substituents is 1. The Labute approximate surface area is 138 Å². The third-order valence-corrected chi connectivity index (χ3v) is 4.32. The van der Waals surface area contributed by atoms with Crippen molar-refractivity contribution in [3.8, 4) is 5.75 Å². The molecule has 0 amide bonds. The summed E-state index contributed by atoms with van der Waals surface area (Å²) in [5.41, 5.74) is 4.41. The molecule has 0 unspecified atom stereocenters. The summed E-state index contributed by atoms with van der Waals surface area (Å²) in [6.07, 6.45) is 0. The van der Waals surface area contributed by atoms with Crippen LogP contribution in [0, 0.1) is 0 Å². The van der Waals surface area contributed by atoms with Gasteiger partial charge >= 0.3 is 0 Å². The highest BCUT2D eigenvalue weighted by Gasteiger charge is 2.11. The molecule has 0 spiro atoms. The second-order valence-electron chi connectivity index (χ2n) is 4.97. The minimum atomic E-state index is 0.270. The molecule has 0 saturated carbocycles. The summed E-state index contributed by atoms with van der Waals surface area (Å²) in [5, 5.41) is 9.54. The number of hydrogen-bond donors (Lipinski definition) is 1. The molecule has 0 fully saturated rings. The maximum Gasteiger partial charge on any atom is 0.115 e. The summed E-state index contributed by atoms with van der Waals surface area (Å²) in [4.78, 5) is 0. The van der Waals surface area contributed by atoms with Crippen LogP contribution in [0.5, 0.6) is 5.75 Å². The van der Waals surface area contributed by atoms with E-state index in [1.54, 1.807) is 12.1 Å². The summed E-state index contributed by atoms with van der Waals surface area (Å²) in [6, 6.07) is 27.7. The van der Waals surface area contributed by atoms with Gasteiger partial charge in [-0.2, -0.15) is 0 Å². The van der Waals surface area contributed by atoms with Crippen molar-refractivity contribution in [2.24, 2.45) is 0 Å². The van der Waals surface area contributed by atoms with Crippen molar-refractivity contribution < 1.29 is 5.11 Å². The Hall–Kier alpha value is -2.32. The van der Waals surface area contributed by atoms with Crippen molar-refractivity contribution in [1.29, 1.82) is 0 Å². The Balaban J connectivity index is 2.21. The molecule has 1 N–H and O–H groups in total. The Morgan fingerprint density at radius 3 is 1.59 bits per heavy atom. The lowest BCUT2D eigenvalue weighted by Crippen LogP contribution is -1.91. The zero-order chi connectivity index (χ0) is 15.4. The summed E-state index contributed by atoms with van der Waals surface area (Å²) in [7, 11) is 0. The van der Waals surface area contributed by atoms with Crippen LogP contribution in [0.25, 0.3) is 10.1 Å². The van der Waals surface area contributed by atoms with Gasteiger partial charge < -0.3 is 5.11 Å². The number of hydrogen-bond acceptors (Lipinski definition) is 1. The van der Waals surface area contributed by atoms with E-state index in [0.29, 0.717) is 0 Å². The SMILES string of the molecule is Oc1ccc(C(=C(Br)c2ccccc2)c2ccccc2)cc1. The van der Waals surface area contributed by atoms with Crippen LogP contribution in [0.15, 0.2) is 84.9 Å². The van der Waals surface area contributed by atoms with Gasteiger partial charge in [-0.3, -0.25) is 0 Å². The number of benzene rings is 3. The van der Waals surface area contributed by atoms with Gasteiger partial charge in [-0.05, 0) is 44.8 Å². The van der Waals surface area contributed by atoms with E-state index in [9.17, 15) is 5.11 Å². The highest BCUT2D eigenvalue weighted by molar-refractivity contribution is 9.15. The summed E-state index contributed by atoms with van der Waals surface area (Å²) in [5.74, 6) is 0.270. The molecule has 0 aromatic heterocycles. The number of aromatic hydroxyl groups is 1. The Morgan fingerprint density at radius 1 is 0.591 bits per heavy atom. The highest BCUT2D eigenvalue weighted by Crippen LogP contribution is 2.36. The van der Waals surface area contributed by atoms with Gasteiger partial charge in [-0.15, -0.1) is 0 Å². The molecule has 108 valence electrons. The maximum atomic E-state index is 9.54. The van der Waals surface area contributed by atoms with Gasteiger partial charge in [-0.1, -0.05) is 72.8 Å². The van der Waals surface area contributed by atoms with Gasteiger partial charge in [0.1, 0.15) is 5.75 Å². The van der Waals surface area contributed by atoms with E-state index in [4.69, 9.17) is 0 Å². The summed E-state index contributed by atoms with van der Waals surface area (Å²) in [6.45, 7) is 0. The number of halogens is 1. The lowest BCUT2D eigenvalue weighted by molar-refractivity contribution is 0.475. The van der Waals surface area contributed by atoms with Crippen molar-refractivity contribution in [2.45, 2.75) is 0 Å². The first-order valence-electron chi connectivity index (χ1n) is 7.06. The van der Waals surface area contributed by atoms with Crippen LogP contribution >= 0.6 is 15.9 Å². The Kier molecular flexibility index (Phi) is 4.40. The molecule has 3 aromatic rings. The predicted octanol–water partition coefficient (Wildman–Crippen LogP) is 5.70. The first-order valence-corrected chi connectivity index (χ1v) is 7.85. The topological polar surface area (TPSA) is 20.2 Å². The molecule has 0 aliphatic heterocycles. The number of rotatable bonds is 3. The molecule has 0 heterocycles. The van der Waals surface area contributed by atoms with Crippen LogP contribution in [0.1, 0.15) is 16.7 Å². The third kappa shape index (κ3) is 3.12. The van der Waals surface area contributed by atoms with Crippen molar-refractivity contribution in [1.82, 2.24) is 0 Å². The average Bonchev–Trinajstić information content (AvgIpc) is 2.58. The Morgan fingerprint density at radius 2 is 1.05 bits per heavy atom. The smallest absolute Gasteiger partial charge is 0.115 e. The molecule has 3 rings (SSSR count). The van der Waals surface area contributed by atoms with Crippen molar-refractivity contribution in [3.63, 3.8) is 0 Å². The van der Waals surface area contributed by atoms with E-state index < -0.39 is 0 Å². The molecule has 1 nitrogen and oxygen atoms in total. The van der Waals surface area contributed by atoms with Gasteiger partial charge in [0.25, 0.3) is 0 Å². The first-order chi connectivity index (χ1) is 10.8. The molecule has 0 radical (unpaired) electrons. The van der Waals surface area contributed by atoms with Crippen LogP contribution in [-0.4, -0.2) is 5.11 Å². The van der Waals surface area contributed by atoms with Crippen molar-refractivity contribution >= 4 is 26.0 Å². The quantitative estimate of drug-likeness (QED) is 0.600. The van der Waals surface area contributed by atoms with Crippen molar-refractivity contribution in [2.75, 3.05) is 0 Å². The fourth-order valence-corrected chi connectivity index (χ4v) is 3.10. The van der Waals surface area contributed by atoms with Gasteiger partial charge in [0.05, 0.1) is 0 Å². The fraction of sp³-hybridized carbons (Fsp3) is 0. The van der Waals surface area contributed by atoms with E-state index >= 15 is 0 Å². The average molecular weight is 351 g/mol. The molecule has 2 heteroatoms. The molecule has 0 aliphatic rings. The van der Waals surface area contributed by atoms with E-state index in [1.807, 2.05) is 48.5 Å². The molecule has 0 saturated heterocycles. The van der Waals surface area contributed by atoms with Crippen LogP contribution in [-0.2, 0) is 0 Å². The van der Waals surface area contributed by atoms with Crippen LogP contribution in [0.3, 0.4) is 0 Å². The zero-order valence-electron chi connectivity index (χ0n) is 11.9. The van der Waals surface area contributed by atoms with E-state index in [0.717, 1.165) is 26.7 Å².